The first-order valence-corrected chi connectivity index (χ1v) is 10.0. The molecule has 28 heavy (non-hydrogen) atoms. The largest absolute Gasteiger partial charge is 0.339 e. The number of hydrogen-bond donors (Lipinski definition) is 2. The van der Waals surface area contributed by atoms with Crippen LogP contribution in [-0.2, 0) is 4.79 Å². The Morgan fingerprint density at radius 3 is 2.32 bits per heavy atom. The summed E-state index contributed by atoms with van der Waals surface area (Å²) < 4.78 is 0. The minimum Gasteiger partial charge on any atom is -0.339 e. The third kappa shape index (κ3) is 5.20. The molecular formula is C23H29N3O2. The van der Waals surface area contributed by atoms with Gasteiger partial charge in [-0.15, -0.1) is 0 Å². The Bertz CT molecular complexity index is 783. The molecule has 0 saturated heterocycles. The maximum Gasteiger partial charge on any atom is 0.253 e. The fraction of sp³-hybridized carbons (Fsp3) is 0.391. The first-order chi connectivity index (χ1) is 13.5. The average molecular weight is 380 g/mol. The highest BCUT2D eigenvalue weighted by Gasteiger charge is 2.23. The van der Waals surface area contributed by atoms with Crippen molar-refractivity contribution in [1.29, 1.82) is 0 Å². The zero-order chi connectivity index (χ0) is 19.9. The summed E-state index contributed by atoms with van der Waals surface area (Å²) in [7, 11) is 1.89. The van der Waals surface area contributed by atoms with Crippen LogP contribution in [0.25, 0.3) is 0 Å². The van der Waals surface area contributed by atoms with E-state index >= 15 is 0 Å². The molecule has 5 heteroatoms. The monoisotopic (exact) mass is 379 g/mol. The summed E-state index contributed by atoms with van der Waals surface area (Å²) in [4.78, 5) is 26.8. The Balaban J connectivity index is 1.55. The Labute approximate surface area is 166 Å². The van der Waals surface area contributed by atoms with Gasteiger partial charge >= 0.3 is 0 Å². The van der Waals surface area contributed by atoms with Crippen molar-refractivity contribution in [1.82, 2.24) is 4.90 Å². The number of benzene rings is 2. The number of rotatable bonds is 6. The zero-order valence-electron chi connectivity index (χ0n) is 16.4. The highest BCUT2D eigenvalue weighted by molar-refractivity contribution is 5.96. The van der Waals surface area contributed by atoms with Crippen LogP contribution >= 0.6 is 0 Å². The normalized spacial score (nSPS) is 15.6. The lowest BCUT2D eigenvalue weighted by Gasteiger charge is -2.31. The molecule has 2 amide bonds. The second kappa shape index (κ2) is 9.51. The summed E-state index contributed by atoms with van der Waals surface area (Å²) in [5, 5.41) is 2.86. The van der Waals surface area contributed by atoms with Gasteiger partial charge in [0.2, 0.25) is 5.91 Å². The highest BCUT2D eigenvalue weighted by Crippen LogP contribution is 2.23. The Morgan fingerprint density at radius 2 is 1.68 bits per heavy atom. The van der Waals surface area contributed by atoms with Crippen LogP contribution < -0.4 is 11.1 Å². The molecule has 3 rings (SSSR count). The molecule has 0 bridgehead atoms. The Morgan fingerprint density at radius 1 is 1.04 bits per heavy atom. The lowest BCUT2D eigenvalue weighted by Crippen LogP contribution is -2.38. The van der Waals surface area contributed by atoms with E-state index in [4.69, 9.17) is 5.73 Å². The van der Waals surface area contributed by atoms with E-state index in [1.54, 1.807) is 24.3 Å². The molecule has 5 nitrogen and oxygen atoms in total. The lowest BCUT2D eigenvalue weighted by atomic mass is 9.94. The van der Waals surface area contributed by atoms with E-state index in [1.807, 2.05) is 42.3 Å². The molecule has 3 N–H and O–H groups in total. The van der Waals surface area contributed by atoms with Crippen LogP contribution in [0, 0.1) is 0 Å². The van der Waals surface area contributed by atoms with Crippen LogP contribution in [0.15, 0.2) is 54.6 Å². The molecule has 2 aromatic rings. The van der Waals surface area contributed by atoms with Gasteiger partial charge in [-0.1, -0.05) is 49.6 Å². The molecule has 0 aromatic heterocycles. The zero-order valence-corrected chi connectivity index (χ0v) is 16.4. The summed E-state index contributed by atoms with van der Waals surface area (Å²) in [5.41, 5.74) is 8.36. The molecule has 0 spiro atoms. The molecule has 148 valence electrons. The maximum atomic E-state index is 12.7. The number of nitrogens with two attached hydrogens (primary N) is 1. The van der Waals surface area contributed by atoms with E-state index in [1.165, 1.54) is 19.3 Å². The van der Waals surface area contributed by atoms with Crippen LogP contribution in [0.4, 0.5) is 5.69 Å². The van der Waals surface area contributed by atoms with Gasteiger partial charge in [0.25, 0.3) is 5.91 Å². The standard InChI is InChI=1S/C23H29N3O2/c1-26(20-10-6-3-7-11-20)23(28)18-12-14-19(15-13-18)25-22(27)16-21(24)17-8-4-2-5-9-17/h2,4-5,8-9,12-15,20-21H,3,6-7,10-11,16,24H2,1H3,(H,25,27). The fourth-order valence-corrected chi connectivity index (χ4v) is 3.76. The Hall–Kier alpha value is -2.66. The maximum absolute atomic E-state index is 12.7. The average Bonchev–Trinajstić information content (AvgIpc) is 2.74. The smallest absolute Gasteiger partial charge is 0.253 e. The van der Waals surface area contributed by atoms with E-state index in [9.17, 15) is 9.59 Å². The van der Waals surface area contributed by atoms with Gasteiger partial charge in [0, 0.05) is 36.8 Å². The molecule has 1 saturated carbocycles. The molecule has 1 aliphatic rings. The van der Waals surface area contributed by atoms with Gasteiger partial charge in [-0.05, 0) is 42.7 Å². The molecule has 0 radical (unpaired) electrons. The number of anilines is 1. The number of carbonyl (C=O) groups is 2. The van der Waals surface area contributed by atoms with Crippen molar-refractivity contribution in [2.75, 3.05) is 12.4 Å². The molecule has 0 aliphatic heterocycles. The molecule has 1 fully saturated rings. The predicted octanol–water partition coefficient (Wildman–Crippen LogP) is 4.12. The Kier molecular flexibility index (Phi) is 6.82. The van der Waals surface area contributed by atoms with E-state index in [2.05, 4.69) is 5.32 Å². The van der Waals surface area contributed by atoms with Crippen LogP contribution in [-0.4, -0.2) is 29.8 Å². The van der Waals surface area contributed by atoms with Crippen molar-refractivity contribution >= 4 is 17.5 Å². The fourth-order valence-electron chi connectivity index (χ4n) is 3.76. The van der Waals surface area contributed by atoms with Crippen molar-refractivity contribution in [2.24, 2.45) is 5.73 Å². The highest BCUT2D eigenvalue weighted by atomic mass is 16.2. The first-order valence-electron chi connectivity index (χ1n) is 10.0. The van der Waals surface area contributed by atoms with Crippen LogP contribution in [0.3, 0.4) is 0 Å². The van der Waals surface area contributed by atoms with Gasteiger partial charge in [0.1, 0.15) is 0 Å². The molecule has 1 aliphatic carbocycles. The minimum absolute atomic E-state index is 0.0378. The number of nitrogens with zero attached hydrogens (tertiary/aromatic N) is 1. The minimum atomic E-state index is -0.341. The molecule has 1 unspecified atom stereocenters. The second-order valence-electron chi connectivity index (χ2n) is 7.55. The third-order valence-corrected chi connectivity index (χ3v) is 5.49. The number of amides is 2. The number of nitrogens with one attached hydrogen (secondary N) is 1. The molecule has 0 heterocycles. The third-order valence-electron chi connectivity index (χ3n) is 5.49. The van der Waals surface area contributed by atoms with E-state index in [0.29, 0.717) is 17.3 Å². The van der Waals surface area contributed by atoms with Crippen LogP contribution in [0.5, 0.6) is 0 Å². The van der Waals surface area contributed by atoms with Crippen LogP contribution in [0.1, 0.15) is 60.5 Å². The quantitative estimate of drug-likeness (QED) is 0.793. The van der Waals surface area contributed by atoms with Gasteiger partial charge in [0.05, 0.1) is 0 Å². The molecule has 2 aromatic carbocycles. The first kappa shape index (κ1) is 20.1. The number of hydrogen-bond acceptors (Lipinski definition) is 3. The van der Waals surface area contributed by atoms with Crippen molar-refractivity contribution in [3.63, 3.8) is 0 Å². The van der Waals surface area contributed by atoms with Gasteiger partial charge in [0.15, 0.2) is 0 Å². The molecule has 1 atom stereocenters. The lowest BCUT2D eigenvalue weighted by molar-refractivity contribution is -0.116. The van der Waals surface area contributed by atoms with Crippen molar-refractivity contribution in [3.8, 4) is 0 Å². The summed E-state index contributed by atoms with van der Waals surface area (Å²) in [6.07, 6.45) is 6.02. The van der Waals surface area contributed by atoms with E-state index in [0.717, 1.165) is 18.4 Å². The summed E-state index contributed by atoms with van der Waals surface area (Å²) in [5.74, 6) is -0.106. The summed E-state index contributed by atoms with van der Waals surface area (Å²) in [6, 6.07) is 16.7. The van der Waals surface area contributed by atoms with Crippen LogP contribution in [0.2, 0.25) is 0 Å². The second-order valence-corrected chi connectivity index (χ2v) is 7.55. The van der Waals surface area contributed by atoms with Gasteiger partial charge in [-0.2, -0.15) is 0 Å². The van der Waals surface area contributed by atoms with Gasteiger partial charge in [-0.3, -0.25) is 9.59 Å². The topological polar surface area (TPSA) is 75.4 Å². The van der Waals surface area contributed by atoms with E-state index < -0.39 is 0 Å². The number of carbonyl (C=O) groups excluding carboxylic acids is 2. The van der Waals surface area contributed by atoms with E-state index in [-0.39, 0.29) is 24.3 Å². The van der Waals surface area contributed by atoms with Gasteiger partial charge < -0.3 is 16.0 Å². The SMILES string of the molecule is CN(C(=O)c1ccc(NC(=O)CC(N)c2ccccc2)cc1)C1CCCCC1. The van der Waals surface area contributed by atoms with Gasteiger partial charge in [-0.25, -0.2) is 0 Å². The predicted molar refractivity (Wildman–Crippen MR) is 112 cm³/mol. The summed E-state index contributed by atoms with van der Waals surface area (Å²) >= 11 is 0. The van der Waals surface area contributed by atoms with Crippen molar-refractivity contribution < 1.29 is 9.59 Å². The van der Waals surface area contributed by atoms with Crippen molar-refractivity contribution in [2.45, 2.75) is 50.6 Å². The summed E-state index contributed by atoms with van der Waals surface area (Å²) in [6.45, 7) is 0. The molecular weight excluding hydrogens is 350 g/mol. The van der Waals surface area contributed by atoms with Crippen molar-refractivity contribution in [3.05, 3.63) is 65.7 Å².